The van der Waals surface area contributed by atoms with E-state index in [-0.39, 0.29) is 6.03 Å². The van der Waals surface area contributed by atoms with E-state index in [0.29, 0.717) is 29.4 Å². The number of hydrogen-bond donors (Lipinski definition) is 2. The van der Waals surface area contributed by atoms with Crippen LogP contribution in [0.4, 0.5) is 10.5 Å². The molecule has 2 aromatic rings. The van der Waals surface area contributed by atoms with E-state index >= 15 is 0 Å². The summed E-state index contributed by atoms with van der Waals surface area (Å²) >= 11 is 6.06. The molecule has 2 N–H and O–H groups in total. The Morgan fingerprint density at radius 1 is 1.17 bits per heavy atom. The maximum absolute atomic E-state index is 12.1. The lowest BCUT2D eigenvalue weighted by Gasteiger charge is -2.13. The zero-order chi connectivity index (χ0) is 17.5. The van der Waals surface area contributed by atoms with E-state index in [4.69, 9.17) is 21.1 Å². The number of anilines is 1. The normalized spacial score (nSPS) is 10.2. The number of hydrogen-bond acceptors (Lipinski definition) is 3. The molecule has 128 valence electrons. The van der Waals surface area contributed by atoms with Crippen molar-refractivity contribution in [3.8, 4) is 11.5 Å². The number of ether oxygens (including phenoxy) is 2. The van der Waals surface area contributed by atoms with Crippen molar-refractivity contribution in [3.63, 3.8) is 0 Å². The molecule has 0 bridgehead atoms. The van der Waals surface area contributed by atoms with Crippen molar-refractivity contribution in [3.05, 3.63) is 52.5 Å². The second-order valence-corrected chi connectivity index (χ2v) is 5.69. The van der Waals surface area contributed by atoms with E-state index in [1.54, 1.807) is 19.2 Å². The van der Waals surface area contributed by atoms with E-state index in [0.717, 1.165) is 16.9 Å². The number of amides is 2. The van der Waals surface area contributed by atoms with E-state index in [1.807, 2.05) is 31.2 Å². The Morgan fingerprint density at radius 2 is 1.96 bits per heavy atom. The minimum absolute atomic E-state index is 0.294. The van der Waals surface area contributed by atoms with Gasteiger partial charge in [0.15, 0.2) is 0 Å². The maximum atomic E-state index is 12.1. The maximum Gasteiger partial charge on any atom is 0.319 e. The van der Waals surface area contributed by atoms with Crippen LogP contribution in [-0.4, -0.2) is 26.8 Å². The number of rotatable bonds is 6. The minimum atomic E-state index is -0.294. The van der Waals surface area contributed by atoms with Crippen LogP contribution in [0.25, 0.3) is 0 Å². The average molecular weight is 349 g/mol. The van der Waals surface area contributed by atoms with Crippen molar-refractivity contribution < 1.29 is 14.3 Å². The summed E-state index contributed by atoms with van der Waals surface area (Å²) in [5.74, 6) is 1.33. The first-order valence-corrected chi connectivity index (χ1v) is 7.93. The minimum Gasteiger partial charge on any atom is -0.497 e. The molecule has 0 aliphatic carbocycles. The smallest absolute Gasteiger partial charge is 0.319 e. The molecule has 0 atom stereocenters. The molecule has 0 aromatic heterocycles. The molecule has 2 amide bonds. The summed E-state index contributed by atoms with van der Waals surface area (Å²) in [6, 6.07) is 10.9. The molecule has 24 heavy (non-hydrogen) atoms. The van der Waals surface area contributed by atoms with Gasteiger partial charge >= 0.3 is 6.03 Å². The van der Waals surface area contributed by atoms with Crippen LogP contribution < -0.4 is 20.1 Å². The van der Waals surface area contributed by atoms with Gasteiger partial charge in [-0.2, -0.15) is 0 Å². The molecule has 0 aliphatic heterocycles. The fourth-order valence-corrected chi connectivity index (χ4v) is 2.40. The fraction of sp³-hybridized carbons (Fsp3) is 0.278. The summed E-state index contributed by atoms with van der Waals surface area (Å²) in [7, 11) is 3.17. The molecule has 0 aliphatic rings. The van der Waals surface area contributed by atoms with Crippen molar-refractivity contribution in [2.45, 2.75) is 13.3 Å². The van der Waals surface area contributed by atoms with Crippen molar-refractivity contribution in [1.29, 1.82) is 0 Å². The lowest BCUT2D eigenvalue weighted by atomic mass is 10.1. The molecule has 0 heterocycles. The van der Waals surface area contributed by atoms with Gasteiger partial charge in [-0.1, -0.05) is 23.7 Å². The van der Waals surface area contributed by atoms with Crippen LogP contribution in [0.3, 0.4) is 0 Å². The second-order valence-electron chi connectivity index (χ2n) is 5.28. The standard InChI is InChI=1S/C18H21ClN2O3/c1-12-9-16(17(24-3)11-15(12)19)21-18(22)20-8-7-13-5-4-6-14(10-13)23-2/h4-6,9-11H,7-8H2,1-3H3,(H2,20,21,22). The molecule has 0 saturated carbocycles. The number of carbonyl (C=O) groups is 1. The number of nitrogens with one attached hydrogen (secondary N) is 2. The first-order chi connectivity index (χ1) is 11.5. The lowest BCUT2D eigenvalue weighted by molar-refractivity contribution is 0.252. The van der Waals surface area contributed by atoms with Crippen molar-refractivity contribution in [1.82, 2.24) is 5.32 Å². The van der Waals surface area contributed by atoms with Gasteiger partial charge in [0.25, 0.3) is 0 Å². The molecule has 0 saturated heterocycles. The molecular formula is C18H21ClN2O3. The van der Waals surface area contributed by atoms with Crippen LogP contribution in [0.2, 0.25) is 5.02 Å². The number of methoxy groups -OCH3 is 2. The Morgan fingerprint density at radius 3 is 2.67 bits per heavy atom. The second kappa shape index (κ2) is 8.45. The van der Waals surface area contributed by atoms with E-state index in [2.05, 4.69) is 10.6 Å². The summed E-state index contributed by atoms with van der Waals surface area (Å²) in [4.78, 5) is 12.1. The molecule has 0 radical (unpaired) electrons. The zero-order valence-corrected chi connectivity index (χ0v) is 14.7. The van der Waals surface area contributed by atoms with Gasteiger partial charge in [-0.15, -0.1) is 0 Å². The average Bonchev–Trinajstić information content (AvgIpc) is 2.58. The van der Waals surface area contributed by atoms with Crippen LogP contribution in [-0.2, 0) is 6.42 Å². The van der Waals surface area contributed by atoms with Gasteiger partial charge in [0.1, 0.15) is 11.5 Å². The van der Waals surface area contributed by atoms with E-state index in [1.165, 1.54) is 7.11 Å². The highest BCUT2D eigenvalue weighted by Crippen LogP contribution is 2.30. The quantitative estimate of drug-likeness (QED) is 0.828. The molecule has 0 spiro atoms. The van der Waals surface area contributed by atoms with Crippen LogP contribution >= 0.6 is 11.6 Å². The summed E-state index contributed by atoms with van der Waals surface area (Å²) < 4.78 is 10.4. The predicted molar refractivity (Wildman–Crippen MR) is 96.5 cm³/mol. The summed E-state index contributed by atoms with van der Waals surface area (Å²) in [5.41, 5.74) is 2.54. The largest absolute Gasteiger partial charge is 0.497 e. The van der Waals surface area contributed by atoms with Gasteiger partial charge in [-0.3, -0.25) is 0 Å². The van der Waals surface area contributed by atoms with Gasteiger partial charge < -0.3 is 20.1 Å². The lowest BCUT2D eigenvalue weighted by Crippen LogP contribution is -2.30. The molecular weight excluding hydrogens is 328 g/mol. The van der Waals surface area contributed by atoms with Gasteiger partial charge in [0.2, 0.25) is 0 Å². The highest BCUT2D eigenvalue weighted by Gasteiger charge is 2.10. The Hall–Kier alpha value is -2.40. The number of benzene rings is 2. The Labute approximate surface area is 146 Å². The number of aryl methyl sites for hydroxylation is 1. The van der Waals surface area contributed by atoms with Crippen LogP contribution in [0.5, 0.6) is 11.5 Å². The van der Waals surface area contributed by atoms with Crippen LogP contribution in [0.1, 0.15) is 11.1 Å². The molecule has 2 rings (SSSR count). The number of halogens is 1. The van der Waals surface area contributed by atoms with E-state index in [9.17, 15) is 4.79 Å². The summed E-state index contributed by atoms with van der Waals surface area (Å²) in [6.07, 6.45) is 0.710. The first-order valence-electron chi connectivity index (χ1n) is 7.55. The van der Waals surface area contributed by atoms with Crippen LogP contribution in [0, 0.1) is 6.92 Å². The highest BCUT2D eigenvalue weighted by molar-refractivity contribution is 6.31. The molecule has 0 unspecified atom stereocenters. The first kappa shape index (κ1) is 17.9. The third kappa shape index (κ3) is 4.80. The van der Waals surface area contributed by atoms with Crippen LogP contribution in [0.15, 0.2) is 36.4 Å². The fourth-order valence-electron chi connectivity index (χ4n) is 2.24. The summed E-state index contributed by atoms with van der Waals surface area (Å²) in [5, 5.41) is 6.20. The SMILES string of the molecule is COc1cccc(CCNC(=O)Nc2cc(C)c(Cl)cc2OC)c1. The Bertz CT molecular complexity index is 719. The Kier molecular flexibility index (Phi) is 6.32. The predicted octanol–water partition coefficient (Wildman–Crippen LogP) is 4.03. The van der Waals surface area contributed by atoms with Gasteiger partial charge in [-0.25, -0.2) is 4.79 Å². The van der Waals surface area contributed by atoms with Gasteiger partial charge in [-0.05, 0) is 42.7 Å². The monoisotopic (exact) mass is 348 g/mol. The zero-order valence-electron chi connectivity index (χ0n) is 14.0. The van der Waals surface area contributed by atoms with Crippen molar-refractivity contribution >= 4 is 23.3 Å². The molecule has 0 fully saturated rings. The van der Waals surface area contributed by atoms with Gasteiger partial charge in [0.05, 0.1) is 19.9 Å². The summed E-state index contributed by atoms with van der Waals surface area (Å²) in [6.45, 7) is 2.38. The number of urea groups is 1. The van der Waals surface area contributed by atoms with Gasteiger partial charge in [0, 0.05) is 17.6 Å². The molecule has 5 nitrogen and oxygen atoms in total. The molecule has 6 heteroatoms. The van der Waals surface area contributed by atoms with Crippen molar-refractivity contribution in [2.75, 3.05) is 26.1 Å². The third-order valence-electron chi connectivity index (χ3n) is 3.56. The van der Waals surface area contributed by atoms with E-state index < -0.39 is 0 Å². The number of carbonyl (C=O) groups excluding carboxylic acids is 1. The topological polar surface area (TPSA) is 59.6 Å². The van der Waals surface area contributed by atoms with Crippen molar-refractivity contribution in [2.24, 2.45) is 0 Å². The highest BCUT2D eigenvalue weighted by atomic mass is 35.5. The molecule has 2 aromatic carbocycles. The third-order valence-corrected chi connectivity index (χ3v) is 3.97. The Balaban J connectivity index is 1.90.